The highest BCUT2D eigenvalue weighted by Gasteiger charge is 2.17. The Morgan fingerprint density at radius 1 is 1.14 bits per heavy atom. The summed E-state index contributed by atoms with van der Waals surface area (Å²) in [6.07, 6.45) is 0. The van der Waals surface area contributed by atoms with Crippen LogP contribution in [0.25, 0.3) is 0 Å². The van der Waals surface area contributed by atoms with E-state index in [-0.39, 0.29) is 17.3 Å². The Kier molecular flexibility index (Phi) is 7.47. The third-order valence-corrected chi connectivity index (χ3v) is 5.27. The van der Waals surface area contributed by atoms with Crippen LogP contribution in [-0.2, 0) is 26.2 Å². The standard InChI is InChI=1S/C20H20N2O6S/c1-3-27-19-9-6-16(14(2)23)10-17(19)13-28-20(24)12-22-29(25,26)18-7-4-15(11-21)5-8-18/h4-10,22H,3,12-13H2,1-2H3. The van der Waals surface area contributed by atoms with Crippen LogP contribution in [0.3, 0.4) is 0 Å². The van der Waals surface area contributed by atoms with Crippen molar-refractivity contribution in [1.82, 2.24) is 4.72 Å². The largest absolute Gasteiger partial charge is 0.493 e. The molecule has 0 aliphatic heterocycles. The Labute approximate surface area is 169 Å². The zero-order valence-corrected chi connectivity index (χ0v) is 16.8. The summed E-state index contributed by atoms with van der Waals surface area (Å²) in [6.45, 7) is 2.87. The Hall–Kier alpha value is -3.22. The molecule has 0 saturated carbocycles. The van der Waals surface area contributed by atoms with Gasteiger partial charge in [-0.05, 0) is 56.3 Å². The number of carbonyl (C=O) groups excluding carboxylic acids is 2. The number of nitriles is 1. The molecule has 0 saturated heterocycles. The van der Waals surface area contributed by atoms with Crippen LogP contribution in [0, 0.1) is 11.3 Å². The molecular weight excluding hydrogens is 396 g/mol. The molecule has 0 unspecified atom stereocenters. The molecule has 2 aromatic carbocycles. The zero-order valence-electron chi connectivity index (χ0n) is 16.0. The molecule has 0 amide bonds. The Morgan fingerprint density at radius 3 is 2.41 bits per heavy atom. The summed E-state index contributed by atoms with van der Waals surface area (Å²) in [5.41, 5.74) is 1.27. The van der Waals surface area contributed by atoms with E-state index in [9.17, 15) is 18.0 Å². The van der Waals surface area contributed by atoms with E-state index < -0.39 is 22.5 Å². The number of ether oxygens (including phenoxy) is 2. The van der Waals surface area contributed by atoms with Gasteiger partial charge >= 0.3 is 5.97 Å². The molecule has 0 spiro atoms. The number of Topliss-reactive ketones (excluding diaryl/α,β-unsaturated/α-hetero) is 1. The third kappa shape index (κ3) is 6.14. The van der Waals surface area contributed by atoms with E-state index in [0.717, 1.165) is 0 Å². The van der Waals surface area contributed by atoms with Gasteiger partial charge in [0, 0.05) is 11.1 Å². The summed E-state index contributed by atoms with van der Waals surface area (Å²) in [6, 6.07) is 12.0. The van der Waals surface area contributed by atoms with Gasteiger partial charge in [-0.3, -0.25) is 9.59 Å². The first kappa shape index (κ1) is 22.1. The fourth-order valence-corrected chi connectivity index (χ4v) is 3.33. The van der Waals surface area contributed by atoms with Gasteiger partial charge in [-0.25, -0.2) is 8.42 Å². The molecule has 0 radical (unpaired) electrons. The van der Waals surface area contributed by atoms with Gasteiger partial charge in [0.1, 0.15) is 18.9 Å². The fourth-order valence-electron chi connectivity index (χ4n) is 2.36. The van der Waals surface area contributed by atoms with E-state index in [0.29, 0.717) is 29.0 Å². The lowest BCUT2D eigenvalue weighted by molar-refractivity contribution is -0.143. The van der Waals surface area contributed by atoms with Crippen molar-refractivity contribution < 1.29 is 27.5 Å². The maximum atomic E-state index is 12.2. The molecule has 1 N–H and O–H groups in total. The molecule has 0 aliphatic carbocycles. The maximum absolute atomic E-state index is 12.2. The minimum absolute atomic E-state index is 0.0721. The molecule has 29 heavy (non-hydrogen) atoms. The second-order valence-electron chi connectivity index (χ2n) is 5.93. The van der Waals surface area contributed by atoms with Crippen molar-refractivity contribution in [1.29, 1.82) is 5.26 Å². The molecule has 0 aromatic heterocycles. The molecule has 9 heteroatoms. The van der Waals surface area contributed by atoms with Gasteiger partial charge in [-0.15, -0.1) is 0 Å². The SMILES string of the molecule is CCOc1ccc(C(C)=O)cc1COC(=O)CNS(=O)(=O)c1ccc(C#N)cc1. The monoisotopic (exact) mass is 416 g/mol. The summed E-state index contributed by atoms with van der Waals surface area (Å²) in [5, 5.41) is 8.76. The van der Waals surface area contributed by atoms with Crippen LogP contribution in [0.5, 0.6) is 5.75 Å². The van der Waals surface area contributed by atoms with Crippen molar-refractivity contribution in [3.05, 3.63) is 59.2 Å². The molecule has 2 rings (SSSR count). The zero-order chi connectivity index (χ0) is 21.4. The molecule has 0 fully saturated rings. The number of carbonyl (C=O) groups is 2. The number of benzene rings is 2. The Bertz CT molecular complexity index is 1040. The van der Waals surface area contributed by atoms with E-state index in [1.54, 1.807) is 25.1 Å². The lowest BCUT2D eigenvalue weighted by Crippen LogP contribution is -2.30. The van der Waals surface area contributed by atoms with Crippen molar-refractivity contribution in [3.63, 3.8) is 0 Å². The lowest BCUT2D eigenvalue weighted by Gasteiger charge is -2.12. The molecule has 0 bridgehead atoms. The summed E-state index contributed by atoms with van der Waals surface area (Å²) in [7, 11) is -3.93. The predicted octanol–water partition coefficient (Wildman–Crippen LogP) is 2.18. The minimum atomic E-state index is -3.93. The maximum Gasteiger partial charge on any atom is 0.321 e. The third-order valence-electron chi connectivity index (χ3n) is 3.86. The Morgan fingerprint density at radius 2 is 1.83 bits per heavy atom. The van der Waals surface area contributed by atoms with Gasteiger partial charge < -0.3 is 9.47 Å². The first-order valence-corrected chi connectivity index (χ1v) is 10.2. The summed E-state index contributed by atoms with van der Waals surface area (Å²) in [4.78, 5) is 23.5. The predicted molar refractivity (Wildman–Crippen MR) is 104 cm³/mol. The average Bonchev–Trinajstić information content (AvgIpc) is 2.71. The number of nitrogens with zero attached hydrogens (tertiary/aromatic N) is 1. The van der Waals surface area contributed by atoms with Crippen LogP contribution in [0.2, 0.25) is 0 Å². The van der Waals surface area contributed by atoms with Crippen LogP contribution < -0.4 is 9.46 Å². The van der Waals surface area contributed by atoms with Gasteiger partial charge in [0.05, 0.1) is 23.1 Å². The van der Waals surface area contributed by atoms with Gasteiger partial charge in [0.25, 0.3) is 0 Å². The van der Waals surface area contributed by atoms with Crippen molar-refractivity contribution in [3.8, 4) is 11.8 Å². The van der Waals surface area contributed by atoms with Gasteiger partial charge in [0.15, 0.2) is 5.78 Å². The van der Waals surface area contributed by atoms with E-state index in [2.05, 4.69) is 4.72 Å². The molecule has 0 aliphatic rings. The molecule has 0 heterocycles. The summed E-state index contributed by atoms with van der Waals surface area (Å²) >= 11 is 0. The lowest BCUT2D eigenvalue weighted by atomic mass is 10.1. The highest BCUT2D eigenvalue weighted by atomic mass is 32.2. The second-order valence-corrected chi connectivity index (χ2v) is 7.70. The van der Waals surface area contributed by atoms with E-state index in [1.807, 2.05) is 6.07 Å². The topological polar surface area (TPSA) is 123 Å². The molecule has 2 aromatic rings. The molecule has 8 nitrogen and oxygen atoms in total. The number of hydrogen-bond donors (Lipinski definition) is 1. The molecule has 0 atom stereocenters. The van der Waals surface area contributed by atoms with Crippen molar-refractivity contribution in [2.24, 2.45) is 0 Å². The Balaban J connectivity index is 2.00. The van der Waals surface area contributed by atoms with Crippen molar-refractivity contribution >= 4 is 21.8 Å². The van der Waals surface area contributed by atoms with E-state index in [4.69, 9.17) is 14.7 Å². The summed E-state index contributed by atoms with van der Waals surface area (Å²) < 4.78 is 37.1. The fraction of sp³-hybridized carbons (Fsp3) is 0.250. The quantitative estimate of drug-likeness (QED) is 0.491. The van der Waals surface area contributed by atoms with Gasteiger partial charge in [0.2, 0.25) is 10.0 Å². The number of sulfonamides is 1. The second kappa shape index (κ2) is 9.82. The number of rotatable bonds is 9. The number of esters is 1. The van der Waals surface area contributed by atoms with E-state index in [1.165, 1.54) is 31.2 Å². The average molecular weight is 416 g/mol. The smallest absolute Gasteiger partial charge is 0.321 e. The molecular formula is C20H20N2O6S. The van der Waals surface area contributed by atoms with Crippen LogP contribution in [-0.4, -0.2) is 33.3 Å². The number of ketones is 1. The van der Waals surface area contributed by atoms with Gasteiger partial charge in [-0.2, -0.15) is 9.98 Å². The van der Waals surface area contributed by atoms with Gasteiger partial charge in [-0.1, -0.05) is 0 Å². The first-order chi connectivity index (χ1) is 13.8. The van der Waals surface area contributed by atoms with Crippen molar-refractivity contribution in [2.75, 3.05) is 13.2 Å². The van der Waals surface area contributed by atoms with Crippen LogP contribution in [0.15, 0.2) is 47.4 Å². The molecule has 152 valence electrons. The highest BCUT2D eigenvalue weighted by molar-refractivity contribution is 7.89. The minimum Gasteiger partial charge on any atom is -0.493 e. The van der Waals surface area contributed by atoms with Crippen LogP contribution >= 0.6 is 0 Å². The number of hydrogen-bond acceptors (Lipinski definition) is 7. The first-order valence-electron chi connectivity index (χ1n) is 8.69. The van der Waals surface area contributed by atoms with Crippen molar-refractivity contribution in [2.45, 2.75) is 25.3 Å². The van der Waals surface area contributed by atoms with Crippen LogP contribution in [0.4, 0.5) is 0 Å². The van der Waals surface area contributed by atoms with Crippen LogP contribution in [0.1, 0.15) is 35.3 Å². The number of nitrogens with one attached hydrogen (secondary N) is 1. The van der Waals surface area contributed by atoms with E-state index >= 15 is 0 Å². The highest BCUT2D eigenvalue weighted by Crippen LogP contribution is 2.22. The summed E-state index contributed by atoms with van der Waals surface area (Å²) in [5.74, 6) is -0.461. The normalized spacial score (nSPS) is 10.8.